The van der Waals surface area contributed by atoms with Gasteiger partial charge >= 0.3 is 0 Å². The lowest BCUT2D eigenvalue weighted by Crippen LogP contribution is -2.23. The fourth-order valence-corrected chi connectivity index (χ4v) is 3.48. The van der Waals surface area contributed by atoms with E-state index < -0.39 is 0 Å². The molecule has 0 N–H and O–H groups in total. The molecule has 0 heterocycles. The van der Waals surface area contributed by atoms with E-state index in [1.807, 2.05) is 0 Å². The van der Waals surface area contributed by atoms with E-state index in [1.165, 1.54) is 30.0 Å². The Hall–Kier alpha value is -1.30. The second-order valence-corrected chi connectivity index (χ2v) is 6.67. The summed E-state index contributed by atoms with van der Waals surface area (Å²) in [6.07, 6.45) is 3.94. The minimum absolute atomic E-state index is 0.360. The Morgan fingerprint density at radius 1 is 1.00 bits per heavy atom. The van der Waals surface area contributed by atoms with Gasteiger partial charge in [0.2, 0.25) is 0 Å². The predicted octanol–water partition coefficient (Wildman–Crippen LogP) is 5.31. The van der Waals surface area contributed by atoms with Crippen LogP contribution < -0.4 is 0 Å². The van der Waals surface area contributed by atoms with E-state index in [2.05, 4.69) is 57.2 Å². The molecule has 94 valence electrons. The highest BCUT2D eigenvalue weighted by atomic mass is 14.4. The highest BCUT2D eigenvalue weighted by molar-refractivity contribution is 5.87. The van der Waals surface area contributed by atoms with Gasteiger partial charge in [-0.2, -0.15) is 0 Å². The molecule has 1 atom stereocenters. The lowest BCUT2D eigenvalue weighted by Gasteiger charge is -2.36. The van der Waals surface area contributed by atoms with Gasteiger partial charge in [0.15, 0.2) is 0 Å². The van der Waals surface area contributed by atoms with Crippen LogP contribution in [0.2, 0.25) is 0 Å². The molecule has 0 saturated heterocycles. The summed E-state index contributed by atoms with van der Waals surface area (Å²) in [5.41, 5.74) is 3.57. The lowest BCUT2D eigenvalue weighted by atomic mass is 9.68. The largest absolute Gasteiger partial charge is 0.0616 e. The molecule has 18 heavy (non-hydrogen) atoms. The molecule has 0 heteroatoms. The molecule has 3 rings (SSSR count). The van der Waals surface area contributed by atoms with Crippen LogP contribution in [0.5, 0.6) is 0 Å². The first kappa shape index (κ1) is 11.8. The predicted molar refractivity (Wildman–Crippen MR) is 79.1 cm³/mol. The standard InChI is InChI=1S/C18H22/c1-18(2,3)16-10-6-8-14-12-11-13-7-4-5-9-15(13)17(14)16/h4-5,7,9,11-12,16H,6,8,10H2,1-3H3. The van der Waals surface area contributed by atoms with Crippen LogP contribution in [0.25, 0.3) is 10.8 Å². The Morgan fingerprint density at radius 3 is 2.56 bits per heavy atom. The molecule has 0 aliphatic heterocycles. The molecule has 0 saturated carbocycles. The molecular formula is C18H22. The summed E-state index contributed by atoms with van der Waals surface area (Å²) in [4.78, 5) is 0. The smallest absolute Gasteiger partial charge is 0.0104 e. The highest BCUT2D eigenvalue weighted by Gasteiger charge is 2.31. The quantitative estimate of drug-likeness (QED) is 0.583. The zero-order valence-electron chi connectivity index (χ0n) is 11.7. The summed E-state index contributed by atoms with van der Waals surface area (Å²) >= 11 is 0. The summed E-state index contributed by atoms with van der Waals surface area (Å²) < 4.78 is 0. The van der Waals surface area contributed by atoms with Crippen molar-refractivity contribution in [3.8, 4) is 0 Å². The SMILES string of the molecule is CC(C)(C)C1CCCc2ccc3ccccc3c21. The number of rotatable bonds is 0. The summed E-state index contributed by atoms with van der Waals surface area (Å²) in [7, 11) is 0. The van der Waals surface area contributed by atoms with E-state index in [1.54, 1.807) is 11.1 Å². The fourth-order valence-electron chi connectivity index (χ4n) is 3.48. The van der Waals surface area contributed by atoms with Crippen LogP contribution in [-0.2, 0) is 6.42 Å². The van der Waals surface area contributed by atoms with Gasteiger partial charge in [0, 0.05) is 0 Å². The van der Waals surface area contributed by atoms with Gasteiger partial charge in [0.05, 0.1) is 0 Å². The molecule has 0 spiro atoms. The van der Waals surface area contributed by atoms with Crippen molar-refractivity contribution in [3.05, 3.63) is 47.5 Å². The van der Waals surface area contributed by atoms with E-state index in [0.29, 0.717) is 11.3 Å². The third-order valence-corrected chi connectivity index (χ3v) is 4.39. The summed E-state index contributed by atoms with van der Waals surface area (Å²) in [6.45, 7) is 7.15. The molecule has 2 aromatic carbocycles. The Kier molecular flexibility index (Phi) is 2.69. The van der Waals surface area contributed by atoms with Gasteiger partial charge in [0.25, 0.3) is 0 Å². The minimum atomic E-state index is 0.360. The molecule has 1 unspecified atom stereocenters. The van der Waals surface area contributed by atoms with Gasteiger partial charge in [-0.25, -0.2) is 0 Å². The number of aryl methyl sites for hydroxylation is 1. The van der Waals surface area contributed by atoms with Gasteiger partial charge in [0.1, 0.15) is 0 Å². The van der Waals surface area contributed by atoms with Gasteiger partial charge in [-0.15, -0.1) is 0 Å². The van der Waals surface area contributed by atoms with E-state index in [9.17, 15) is 0 Å². The highest BCUT2D eigenvalue weighted by Crippen LogP contribution is 2.46. The van der Waals surface area contributed by atoms with Crippen LogP contribution in [0.1, 0.15) is 50.7 Å². The van der Waals surface area contributed by atoms with Crippen molar-refractivity contribution in [1.82, 2.24) is 0 Å². The zero-order chi connectivity index (χ0) is 12.8. The second-order valence-electron chi connectivity index (χ2n) is 6.67. The third kappa shape index (κ3) is 1.84. The average Bonchev–Trinajstić information content (AvgIpc) is 2.36. The maximum absolute atomic E-state index is 2.38. The average molecular weight is 238 g/mol. The van der Waals surface area contributed by atoms with E-state index >= 15 is 0 Å². The number of fused-ring (bicyclic) bond motifs is 3. The molecule has 0 radical (unpaired) electrons. The monoisotopic (exact) mass is 238 g/mol. The number of hydrogen-bond acceptors (Lipinski definition) is 0. The second kappa shape index (κ2) is 4.12. The molecule has 1 aliphatic rings. The minimum Gasteiger partial charge on any atom is -0.0616 e. The first-order valence-corrected chi connectivity index (χ1v) is 7.08. The van der Waals surface area contributed by atoms with Crippen molar-refractivity contribution < 1.29 is 0 Å². The summed E-state index contributed by atoms with van der Waals surface area (Å²) in [5.74, 6) is 0.701. The van der Waals surface area contributed by atoms with Gasteiger partial charge < -0.3 is 0 Å². The molecule has 0 nitrogen and oxygen atoms in total. The molecule has 0 bridgehead atoms. The van der Waals surface area contributed by atoms with Crippen molar-refractivity contribution in [3.63, 3.8) is 0 Å². The molecule has 0 fully saturated rings. The van der Waals surface area contributed by atoms with Crippen LogP contribution in [0, 0.1) is 5.41 Å². The lowest BCUT2D eigenvalue weighted by molar-refractivity contribution is 0.291. The van der Waals surface area contributed by atoms with Gasteiger partial charge in [-0.05, 0) is 52.5 Å². The van der Waals surface area contributed by atoms with Crippen molar-refractivity contribution in [2.75, 3.05) is 0 Å². The Bertz CT molecular complexity index is 572. The first-order valence-electron chi connectivity index (χ1n) is 7.08. The van der Waals surface area contributed by atoms with Crippen LogP contribution in [-0.4, -0.2) is 0 Å². The Balaban J connectivity index is 2.28. The van der Waals surface area contributed by atoms with E-state index in [4.69, 9.17) is 0 Å². The van der Waals surface area contributed by atoms with E-state index in [-0.39, 0.29) is 0 Å². The maximum atomic E-state index is 2.38. The van der Waals surface area contributed by atoms with Gasteiger partial charge in [-0.1, -0.05) is 57.2 Å². The number of benzene rings is 2. The van der Waals surface area contributed by atoms with Crippen LogP contribution in [0.15, 0.2) is 36.4 Å². The number of hydrogen-bond donors (Lipinski definition) is 0. The summed E-state index contributed by atoms with van der Waals surface area (Å²) in [6, 6.07) is 13.5. The zero-order valence-corrected chi connectivity index (χ0v) is 11.7. The van der Waals surface area contributed by atoms with Crippen molar-refractivity contribution in [2.24, 2.45) is 5.41 Å². The fraction of sp³-hybridized carbons (Fsp3) is 0.444. The maximum Gasteiger partial charge on any atom is -0.0104 e. The molecule has 2 aromatic rings. The topological polar surface area (TPSA) is 0 Å². The van der Waals surface area contributed by atoms with Crippen LogP contribution in [0.4, 0.5) is 0 Å². The van der Waals surface area contributed by atoms with Crippen molar-refractivity contribution >= 4 is 10.8 Å². The van der Waals surface area contributed by atoms with E-state index in [0.717, 1.165) is 0 Å². The molecular weight excluding hydrogens is 216 g/mol. The van der Waals surface area contributed by atoms with Crippen LogP contribution in [0.3, 0.4) is 0 Å². The molecule has 0 aromatic heterocycles. The summed E-state index contributed by atoms with van der Waals surface area (Å²) in [5, 5.41) is 2.88. The van der Waals surface area contributed by atoms with Crippen LogP contribution >= 0.6 is 0 Å². The molecule has 0 amide bonds. The Labute approximate surface area is 110 Å². The first-order chi connectivity index (χ1) is 8.57. The normalized spacial score (nSPS) is 19.8. The van der Waals surface area contributed by atoms with Crippen molar-refractivity contribution in [2.45, 2.75) is 46.0 Å². The van der Waals surface area contributed by atoms with Gasteiger partial charge in [-0.3, -0.25) is 0 Å². The Morgan fingerprint density at radius 2 is 1.78 bits per heavy atom. The third-order valence-electron chi connectivity index (χ3n) is 4.39. The molecule has 1 aliphatic carbocycles. The van der Waals surface area contributed by atoms with Crippen molar-refractivity contribution in [1.29, 1.82) is 0 Å².